The largest absolute Gasteiger partial charge is 0.380 e. The van der Waals surface area contributed by atoms with E-state index in [9.17, 15) is 4.39 Å². The van der Waals surface area contributed by atoms with Crippen LogP contribution in [-0.4, -0.2) is 58.3 Å². The standard InChI is InChI=1S/C19H33FN4O/c1-15(2)10-12-25-13-11-22-19(21-3)23-14-18(24(4)5)16-6-8-17(20)9-7-16/h6-9,15,18H,10-14H2,1-5H3,(H2,21,22,23). The molecule has 0 saturated heterocycles. The molecule has 0 aliphatic rings. The predicted molar refractivity (Wildman–Crippen MR) is 102 cm³/mol. The summed E-state index contributed by atoms with van der Waals surface area (Å²) in [6, 6.07) is 6.75. The lowest BCUT2D eigenvalue weighted by Gasteiger charge is -2.26. The van der Waals surface area contributed by atoms with E-state index in [1.54, 1.807) is 7.05 Å². The highest BCUT2D eigenvalue weighted by atomic mass is 19.1. The third-order valence-corrected chi connectivity index (χ3v) is 3.94. The molecule has 0 radical (unpaired) electrons. The molecular weight excluding hydrogens is 319 g/mol. The summed E-state index contributed by atoms with van der Waals surface area (Å²) in [7, 11) is 5.76. The highest BCUT2D eigenvalue weighted by Crippen LogP contribution is 2.17. The van der Waals surface area contributed by atoms with Crippen molar-refractivity contribution in [2.24, 2.45) is 10.9 Å². The molecule has 6 heteroatoms. The van der Waals surface area contributed by atoms with Gasteiger partial charge in [0.2, 0.25) is 0 Å². The number of nitrogens with one attached hydrogen (secondary N) is 2. The first-order valence-electron chi connectivity index (χ1n) is 8.88. The maximum Gasteiger partial charge on any atom is 0.191 e. The van der Waals surface area contributed by atoms with E-state index >= 15 is 0 Å². The molecule has 2 N–H and O–H groups in total. The predicted octanol–water partition coefficient (Wildman–Crippen LogP) is 2.66. The number of ether oxygens (including phenoxy) is 1. The third kappa shape index (κ3) is 8.84. The van der Waals surface area contributed by atoms with Crippen molar-refractivity contribution in [3.63, 3.8) is 0 Å². The summed E-state index contributed by atoms with van der Waals surface area (Å²) < 4.78 is 18.7. The number of rotatable bonds is 10. The lowest BCUT2D eigenvalue weighted by Crippen LogP contribution is -2.42. The summed E-state index contributed by atoms with van der Waals surface area (Å²) in [5, 5.41) is 6.57. The number of aliphatic imine (C=N–C) groups is 1. The van der Waals surface area contributed by atoms with Crippen LogP contribution in [-0.2, 0) is 4.74 Å². The molecule has 0 bridgehead atoms. The topological polar surface area (TPSA) is 48.9 Å². The molecular formula is C19H33FN4O. The van der Waals surface area contributed by atoms with E-state index in [0.717, 1.165) is 24.6 Å². The fraction of sp³-hybridized carbons (Fsp3) is 0.632. The van der Waals surface area contributed by atoms with Gasteiger partial charge >= 0.3 is 0 Å². The van der Waals surface area contributed by atoms with Crippen LogP contribution in [0.3, 0.4) is 0 Å². The van der Waals surface area contributed by atoms with Crippen LogP contribution in [0.25, 0.3) is 0 Å². The van der Waals surface area contributed by atoms with Crippen molar-refractivity contribution >= 4 is 5.96 Å². The van der Waals surface area contributed by atoms with Gasteiger partial charge in [-0.05, 0) is 44.1 Å². The maximum atomic E-state index is 13.1. The van der Waals surface area contributed by atoms with E-state index in [4.69, 9.17) is 4.74 Å². The molecule has 0 aromatic heterocycles. The zero-order valence-electron chi connectivity index (χ0n) is 16.2. The Morgan fingerprint density at radius 3 is 2.40 bits per heavy atom. The summed E-state index contributed by atoms with van der Waals surface area (Å²) in [5.41, 5.74) is 1.06. The summed E-state index contributed by atoms with van der Waals surface area (Å²) >= 11 is 0. The lowest BCUT2D eigenvalue weighted by molar-refractivity contribution is 0.128. The van der Waals surface area contributed by atoms with Crippen LogP contribution < -0.4 is 10.6 Å². The van der Waals surface area contributed by atoms with Gasteiger partial charge in [-0.25, -0.2) is 4.39 Å². The van der Waals surface area contributed by atoms with E-state index in [1.165, 1.54) is 12.1 Å². The summed E-state index contributed by atoms with van der Waals surface area (Å²) in [6.45, 7) is 7.21. The zero-order valence-corrected chi connectivity index (χ0v) is 16.2. The summed E-state index contributed by atoms with van der Waals surface area (Å²) in [4.78, 5) is 6.33. The quantitative estimate of drug-likeness (QED) is 0.386. The monoisotopic (exact) mass is 352 g/mol. The smallest absolute Gasteiger partial charge is 0.191 e. The Kier molecular flexibility index (Phi) is 10.1. The Hall–Kier alpha value is -1.66. The summed E-state index contributed by atoms with van der Waals surface area (Å²) in [5.74, 6) is 1.18. The van der Waals surface area contributed by atoms with Crippen LogP contribution >= 0.6 is 0 Å². The Morgan fingerprint density at radius 2 is 1.84 bits per heavy atom. The van der Waals surface area contributed by atoms with E-state index < -0.39 is 0 Å². The van der Waals surface area contributed by atoms with Crippen molar-refractivity contribution in [2.45, 2.75) is 26.3 Å². The molecule has 0 fully saturated rings. The molecule has 0 aliphatic heterocycles. The molecule has 1 unspecified atom stereocenters. The molecule has 1 atom stereocenters. The van der Waals surface area contributed by atoms with Gasteiger partial charge in [0.1, 0.15) is 5.82 Å². The molecule has 1 rings (SSSR count). The first kappa shape index (κ1) is 21.4. The van der Waals surface area contributed by atoms with Crippen molar-refractivity contribution in [2.75, 3.05) is 47.4 Å². The van der Waals surface area contributed by atoms with Gasteiger partial charge in [-0.15, -0.1) is 0 Å². The molecule has 5 nitrogen and oxygen atoms in total. The number of hydrogen-bond acceptors (Lipinski definition) is 3. The van der Waals surface area contributed by atoms with Gasteiger partial charge in [0, 0.05) is 26.7 Å². The van der Waals surface area contributed by atoms with E-state index in [-0.39, 0.29) is 11.9 Å². The van der Waals surface area contributed by atoms with Gasteiger partial charge in [-0.3, -0.25) is 4.99 Å². The van der Waals surface area contributed by atoms with Crippen molar-refractivity contribution in [3.8, 4) is 0 Å². The second-order valence-electron chi connectivity index (χ2n) is 6.71. The fourth-order valence-corrected chi connectivity index (χ4v) is 2.36. The highest BCUT2D eigenvalue weighted by Gasteiger charge is 2.14. The number of hydrogen-bond donors (Lipinski definition) is 2. The van der Waals surface area contributed by atoms with Gasteiger partial charge in [-0.2, -0.15) is 0 Å². The Bertz CT molecular complexity index is 503. The molecule has 0 saturated carbocycles. The van der Waals surface area contributed by atoms with Crippen LogP contribution in [0, 0.1) is 11.7 Å². The zero-order chi connectivity index (χ0) is 18.7. The van der Waals surface area contributed by atoms with E-state index in [2.05, 4.69) is 34.4 Å². The first-order valence-corrected chi connectivity index (χ1v) is 8.88. The average molecular weight is 352 g/mol. The number of guanidine groups is 1. The van der Waals surface area contributed by atoms with Crippen molar-refractivity contribution in [1.29, 1.82) is 0 Å². The maximum absolute atomic E-state index is 13.1. The number of nitrogens with zero attached hydrogens (tertiary/aromatic N) is 2. The Morgan fingerprint density at radius 1 is 1.16 bits per heavy atom. The van der Waals surface area contributed by atoms with Gasteiger partial charge in [-0.1, -0.05) is 26.0 Å². The molecule has 142 valence electrons. The molecule has 0 heterocycles. The minimum absolute atomic E-state index is 0.126. The second kappa shape index (κ2) is 11.8. The van der Waals surface area contributed by atoms with Crippen molar-refractivity contribution in [1.82, 2.24) is 15.5 Å². The van der Waals surface area contributed by atoms with Crippen LogP contribution in [0.4, 0.5) is 4.39 Å². The number of likely N-dealkylation sites (N-methyl/N-ethyl adjacent to an activating group) is 1. The van der Waals surface area contributed by atoms with Crippen LogP contribution in [0.15, 0.2) is 29.3 Å². The average Bonchev–Trinajstić information content (AvgIpc) is 2.57. The van der Waals surface area contributed by atoms with Crippen LogP contribution in [0.5, 0.6) is 0 Å². The number of benzene rings is 1. The normalized spacial score (nSPS) is 13.4. The molecule has 0 spiro atoms. The minimum atomic E-state index is -0.218. The highest BCUT2D eigenvalue weighted by molar-refractivity contribution is 5.79. The first-order chi connectivity index (χ1) is 11.9. The molecule has 0 aliphatic carbocycles. The van der Waals surface area contributed by atoms with E-state index in [0.29, 0.717) is 25.6 Å². The van der Waals surface area contributed by atoms with Gasteiger partial charge < -0.3 is 20.3 Å². The van der Waals surface area contributed by atoms with Gasteiger partial charge in [0.25, 0.3) is 0 Å². The second-order valence-corrected chi connectivity index (χ2v) is 6.71. The fourth-order valence-electron chi connectivity index (χ4n) is 2.36. The molecule has 1 aromatic rings. The minimum Gasteiger partial charge on any atom is -0.380 e. The van der Waals surface area contributed by atoms with Gasteiger partial charge in [0.05, 0.1) is 12.6 Å². The molecule has 0 amide bonds. The Labute approximate surface area is 151 Å². The third-order valence-electron chi connectivity index (χ3n) is 3.94. The van der Waals surface area contributed by atoms with Crippen LogP contribution in [0.2, 0.25) is 0 Å². The Balaban J connectivity index is 2.39. The van der Waals surface area contributed by atoms with Crippen LogP contribution in [0.1, 0.15) is 31.9 Å². The lowest BCUT2D eigenvalue weighted by atomic mass is 10.1. The number of halogens is 1. The van der Waals surface area contributed by atoms with Crippen molar-refractivity contribution in [3.05, 3.63) is 35.6 Å². The molecule has 1 aromatic carbocycles. The van der Waals surface area contributed by atoms with E-state index in [1.807, 2.05) is 26.2 Å². The van der Waals surface area contributed by atoms with Gasteiger partial charge in [0.15, 0.2) is 5.96 Å². The summed E-state index contributed by atoms with van der Waals surface area (Å²) in [6.07, 6.45) is 1.08. The molecule has 25 heavy (non-hydrogen) atoms. The van der Waals surface area contributed by atoms with Crippen molar-refractivity contribution < 1.29 is 9.13 Å². The SMILES string of the molecule is CN=C(NCCOCCC(C)C)NCC(c1ccc(F)cc1)N(C)C.